The molecule has 11 nitrogen and oxygen atoms in total. The molecular weight excluding hydrogens is 512 g/mol. The predicted molar refractivity (Wildman–Crippen MR) is 149 cm³/mol. The van der Waals surface area contributed by atoms with Crippen molar-refractivity contribution in [2.24, 2.45) is 0 Å². The zero-order valence-electron chi connectivity index (χ0n) is 22.4. The monoisotopic (exact) mass is 544 g/mol. The smallest absolute Gasteiger partial charge is 0.347 e. The summed E-state index contributed by atoms with van der Waals surface area (Å²) >= 11 is 0. The molecule has 0 amide bonds. The number of hydrogen-bond acceptors (Lipinski definition) is 10. The zero-order chi connectivity index (χ0) is 28.1. The van der Waals surface area contributed by atoms with Crippen molar-refractivity contribution in [3.05, 3.63) is 72.6 Å². The van der Waals surface area contributed by atoms with Crippen LogP contribution >= 0.6 is 0 Å². The minimum absolute atomic E-state index is 0.0564. The van der Waals surface area contributed by atoms with Gasteiger partial charge >= 0.3 is 5.97 Å². The van der Waals surface area contributed by atoms with Crippen LogP contribution in [0, 0.1) is 0 Å². The van der Waals surface area contributed by atoms with Crippen LogP contribution < -0.4 is 15.0 Å². The highest BCUT2D eigenvalue weighted by Gasteiger charge is 2.29. The van der Waals surface area contributed by atoms with Gasteiger partial charge in [-0.1, -0.05) is 6.08 Å². The Morgan fingerprint density at radius 1 is 1.15 bits per heavy atom. The molecule has 40 heavy (non-hydrogen) atoms. The first-order chi connectivity index (χ1) is 19.3. The van der Waals surface area contributed by atoms with E-state index >= 15 is 0 Å². The number of ether oxygens (including phenoxy) is 2. The maximum absolute atomic E-state index is 11.3. The van der Waals surface area contributed by atoms with Gasteiger partial charge in [0.25, 0.3) is 0 Å². The normalized spacial score (nSPS) is 17.4. The number of piperidine rings is 1. The van der Waals surface area contributed by atoms with Crippen molar-refractivity contribution >= 4 is 23.6 Å². The molecule has 0 radical (unpaired) electrons. The van der Waals surface area contributed by atoms with E-state index in [0.717, 1.165) is 31.4 Å². The number of anilines is 3. The van der Waals surface area contributed by atoms with Gasteiger partial charge in [0.1, 0.15) is 23.4 Å². The van der Waals surface area contributed by atoms with E-state index in [9.17, 15) is 15.0 Å². The average molecular weight is 545 g/mol. The van der Waals surface area contributed by atoms with Gasteiger partial charge in [-0.3, -0.25) is 4.98 Å². The van der Waals surface area contributed by atoms with E-state index in [1.165, 1.54) is 13.8 Å². The molecule has 5 rings (SSSR count). The fourth-order valence-corrected chi connectivity index (χ4v) is 4.45. The summed E-state index contributed by atoms with van der Waals surface area (Å²) in [6.07, 6.45) is 12.1. The Morgan fingerprint density at radius 2 is 1.98 bits per heavy atom. The molecule has 11 heteroatoms. The molecule has 2 aliphatic rings. The molecule has 3 heterocycles. The highest BCUT2D eigenvalue weighted by atomic mass is 16.5. The fraction of sp³-hybridized carbons (Fsp3) is 0.345. The molecule has 0 saturated carbocycles. The molecule has 2 aromatic heterocycles. The Bertz CT molecular complexity index is 1420. The minimum Gasteiger partial charge on any atom is -0.508 e. The maximum Gasteiger partial charge on any atom is 0.347 e. The lowest BCUT2D eigenvalue weighted by Gasteiger charge is -2.34. The van der Waals surface area contributed by atoms with E-state index < -0.39 is 11.6 Å². The molecule has 0 bridgehead atoms. The lowest BCUT2D eigenvalue weighted by molar-refractivity contribution is -0.152. The van der Waals surface area contributed by atoms with Crippen LogP contribution in [0.5, 0.6) is 5.75 Å². The SMILES string of the molecule is CC(C)(Oc1ccc(-c2ccnc(Nc3cncc(N4CCCC(OC5=C(O)CCC=C5)C4)n3)n2)cc1)C(=O)O. The van der Waals surface area contributed by atoms with Gasteiger partial charge in [0.15, 0.2) is 17.2 Å². The Hall–Kier alpha value is -4.67. The van der Waals surface area contributed by atoms with Gasteiger partial charge in [-0.2, -0.15) is 0 Å². The van der Waals surface area contributed by atoms with Crippen molar-refractivity contribution < 1.29 is 24.5 Å². The number of hydrogen-bond donors (Lipinski definition) is 3. The third-order valence-electron chi connectivity index (χ3n) is 6.65. The van der Waals surface area contributed by atoms with Gasteiger partial charge in [-0.25, -0.2) is 19.7 Å². The number of rotatable bonds is 9. The topological polar surface area (TPSA) is 143 Å². The number of allylic oxidation sites excluding steroid dienone is 3. The van der Waals surface area contributed by atoms with Crippen LogP contribution in [0.3, 0.4) is 0 Å². The summed E-state index contributed by atoms with van der Waals surface area (Å²) in [5.41, 5.74) is 0.161. The van der Waals surface area contributed by atoms with Crippen LogP contribution in [0.15, 0.2) is 72.6 Å². The maximum atomic E-state index is 11.3. The third kappa shape index (κ3) is 6.48. The highest BCUT2D eigenvalue weighted by molar-refractivity contribution is 5.76. The average Bonchev–Trinajstić information content (AvgIpc) is 2.95. The summed E-state index contributed by atoms with van der Waals surface area (Å²) in [5, 5.41) is 22.6. The number of nitrogens with one attached hydrogen (secondary N) is 1. The van der Waals surface area contributed by atoms with Crippen LogP contribution in [0.25, 0.3) is 11.3 Å². The minimum atomic E-state index is -1.33. The summed E-state index contributed by atoms with van der Waals surface area (Å²) in [7, 11) is 0. The Balaban J connectivity index is 1.25. The molecule has 1 saturated heterocycles. The van der Waals surface area contributed by atoms with Crippen molar-refractivity contribution in [2.75, 3.05) is 23.3 Å². The quantitative estimate of drug-likeness (QED) is 0.334. The van der Waals surface area contributed by atoms with Crippen molar-refractivity contribution in [2.45, 2.75) is 51.2 Å². The summed E-state index contributed by atoms with van der Waals surface area (Å²) < 4.78 is 11.7. The van der Waals surface area contributed by atoms with E-state index in [2.05, 4.69) is 25.2 Å². The first-order valence-corrected chi connectivity index (χ1v) is 13.2. The summed E-state index contributed by atoms with van der Waals surface area (Å²) in [6, 6.07) is 8.83. The number of aliphatic hydroxyl groups is 1. The van der Waals surface area contributed by atoms with E-state index in [-0.39, 0.29) is 6.10 Å². The summed E-state index contributed by atoms with van der Waals surface area (Å²) in [5.74, 6) is 1.85. The largest absolute Gasteiger partial charge is 0.508 e. The van der Waals surface area contributed by atoms with Crippen LogP contribution in [0.2, 0.25) is 0 Å². The molecule has 3 aromatic rings. The van der Waals surface area contributed by atoms with E-state index in [0.29, 0.717) is 53.5 Å². The van der Waals surface area contributed by atoms with Crippen molar-refractivity contribution in [3.63, 3.8) is 0 Å². The van der Waals surface area contributed by atoms with E-state index in [1.54, 1.807) is 36.8 Å². The van der Waals surface area contributed by atoms with Gasteiger partial charge in [-0.15, -0.1) is 0 Å². The molecule has 1 aromatic carbocycles. The van der Waals surface area contributed by atoms with Crippen molar-refractivity contribution in [1.82, 2.24) is 19.9 Å². The van der Waals surface area contributed by atoms with Gasteiger partial charge in [0.05, 0.1) is 24.6 Å². The van der Waals surface area contributed by atoms with Crippen LogP contribution in [0.4, 0.5) is 17.6 Å². The Kier molecular flexibility index (Phi) is 7.81. The molecular formula is C29H32N6O5. The van der Waals surface area contributed by atoms with E-state index in [1.807, 2.05) is 24.3 Å². The lowest BCUT2D eigenvalue weighted by atomic mass is 10.1. The van der Waals surface area contributed by atoms with E-state index in [4.69, 9.17) is 14.5 Å². The molecule has 1 aliphatic heterocycles. The molecule has 0 spiro atoms. The van der Waals surface area contributed by atoms with Gasteiger partial charge in [-0.05, 0) is 69.5 Å². The van der Waals surface area contributed by atoms with Crippen molar-refractivity contribution in [3.8, 4) is 17.0 Å². The predicted octanol–water partition coefficient (Wildman–Crippen LogP) is 5.02. The number of carbonyl (C=O) groups is 1. The second-order valence-electron chi connectivity index (χ2n) is 10.2. The lowest BCUT2D eigenvalue weighted by Crippen LogP contribution is -2.40. The second kappa shape index (κ2) is 11.6. The van der Waals surface area contributed by atoms with Crippen molar-refractivity contribution in [1.29, 1.82) is 0 Å². The first-order valence-electron chi connectivity index (χ1n) is 13.2. The molecule has 208 valence electrons. The molecule has 1 unspecified atom stereocenters. The van der Waals surface area contributed by atoms with Gasteiger partial charge in [0, 0.05) is 24.7 Å². The number of aromatic nitrogens is 4. The molecule has 1 atom stereocenters. The highest BCUT2D eigenvalue weighted by Crippen LogP contribution is 2.27. The fourth-order valence-electron chi connectivity index (χ4n) is 4.45. The Labute approximate surface area is 232 Å². The van der Waals surface area contributed by atoms with Crippen LogP contribution in [0.1, 0.15) is 39.5 Å². The van der Waals surface area contributed by atoms with Crippen LogP contribution in [-0.4, -0.2) is 60.9 Å². The van der Waals surface area contributed by atoms with Crippen LogP contribution in [-0.2, 0) is 9.53 Å². The number of nitrogens with zero attached hydrogens (tertiary/aromatic N) is 5. The molecule has 1 fully saturated rings. The number of benzene rings is 1. The number of aliphatic carboxylic acids is 1. The first kappa shape index (κ1) is 26.9. The zero-order valence-corrected chi connectivity index (χ0v) is 22.4. The Morgan fingerprint density at radius 3 is 2.75 bits per heavy atom. The number of aliphatic hydroxyl groups excluding tert-OH is 1. The second-order valence-corrected chi connectivity index (χ2v) is 10.2. The van der Waals surface area contributed by atoms with Gasteiger partial charge < -0.3 is 29.9 Å². The number of carboxylic acids is 1. The molecule has 3 N–H and O–H groups in total. The standard InChI is InChI=1S/C29H32N6O5/c1-29(2,27(37)38)40-20-11-9-19(10-12-20)22-13-14-31-28(32-22)34-25-16-30-17-26(33-25)35-15-5-6-21(18-35)39-24-8-4-3-7-23(24)36/h4,8-14,16-17,21,36H,3,5-7,15,18H2,1-2H3,(H,37,38)(H,31,32,33,34). The summed E-state index contributed by atoms with van der Waals surface area (Å²) in [6.45, 7) is 4.46. The number of carboxylic acid groups (broad SMARTS) is 1. The molecule has 1 aliphatic carbocycles. The third-order valence-corrected chi connectivity index (χ3v) is 6.65. The summed E-state index contributed by atoms with van der Waals surface area (Å²) in [4.78, 5) is 31.5. The van der Waals surface area contributed by atoms with Gasteiger partial charge in [0.2, 0.25) is 5.95 Å².